The highest BCUT2D eigenvalue weighted by atomic mass is 16.5. The van der Waals surface area contributed by atoms with Crippen LogP contribution in [0.15, 0.2) is 42.7 Å². The van der Waals surface area contributed by atoms with Gasteiger partial charge in [0.1, 0.15) is 5.75 Å². The molecule has 0 aliphatic carbocycles. The summed E-state index contributed by atoms with van der Waals surface area (Å²) in [5.41, 5.74) is 8.03. The molecule has 0 saturated heterocycles. The lowest BCUT2D eigenvalue weighted by molar-refractivity contribution is -0.116. The Morgan fingerprint density at radius 2 is 2.05 bits per heavy atom. The third-order valence-electron chi connectivity index (χ3n) is 2.91. The predicted molar refractivity (Wildman–Crippen MR) is 78.6 cm³/mol. The number of aromatic nitrogens is 1. The summed E-state index contributed by atoms with van der Waals surface area (Å²) in [4.78, 5) is 15.8. The molecule has 0 aliphatic heterocycles. The Hall–Kier alpha value is -2.56. The Balaban J connectivity index is 1.91. The standard InChI is InChI=1S/C15H17N3O2/c1-20-14-10-12(3-4-13(14)16)18-15(19)5-2-11-6-8-17-9-7-11/h3-4,6-10H,2,5,16H2,1H3,(H,18,19). The molecule has 0 spiro atoms. The van der Waals surface area contributed by atoms with Gasteiger partial charge in [0, 0.05) is 30.6 Å². The summed E-state index contributed by atoms with van der Waals surface area (Å²) in [6.45, 7) is 0. The molecule has 0 aliphatic rings. The number of hydrogen-bond acceptors (Lipinski definition) is 4. The summed E-state index contributed by atoms with van der Waals surface area (Å²) < 4.78 is 5.11. The summed E-state index contributed by atoms with van der Waals surface area (Å²) in [7, 11) is 1.54. The van der Waals surface area contributed by atoms with Gasteiger partial charge in [-0.1, -0.05) is 0 Å². The first-order valence-corrected chi connectivity index (χ1v) is 6.31. The van der Waals surface area contributed by atoms with Crippen molar-refractivity contribution in [1.82, 2.24) is 4.98 Å². The fourth-order valence-corrected chi connectivity index (χ4v) is 1.82. The van der Waals surface area contributed by atoms with Crippen LogP contribution < -0.4 is 15.8 Å². The number of nitrogens with two attached hydrogens (primary N) is 1. The van der Waals surface area contributed by atoms with Gasteiger partial charge in [-0.3, -0.25) is 9.78 Å². The number of rotatable bonds is 5. The Morgan fingerprint density at radius 3 is 2.75 bits per heavy atom. The Bertz CT molecular complexity index is 585. The highest BCUT2D eigenvalue weighted by Gasteiger charge is 2.05. The van der Waals surface area contributed by atoms with E-state index < -0.39 is 0 Å². The van der Waals surface area contributed by atoms with E-state index in [9.17, 15) is 4.79 Å². The number of amides is 1. The van der Waals surface area contributed by atoms with Crippen LogP contribution in [0.5, 0.6) is 5.75 Å². The van der Waals surface area contributed by atoms with Crippen LogP contribution >= 0.6 is 0 Å². The molecule has 0 radical (unpaired) electrons. The van der Waals surface area contributed by atoms with Crippen molar-refractivity contribution < 1.29 is 9.53 Å². The fourth-order valence-electron chi connectivity index (χ4n) is 1.82. The second-order valence-electron chi connectivity index (χ2n) is 4.36. The van der Waals surface area contributed by atoms with Gasteiger partial charge in [-0.15, -0.1) is 0 Å². The van der Waals surface area contributed by atoms with E-state index in [-0.39, 0.29) is 5.91 Å². The minimum Gasteiger partial charge on any atom is -0.495 e. The van der Waals surface area contributed by atoms with Gasteiger partial charge in [-0.2, -0.15) is 0 Å². The first-order chi connectivity index (χ1) is 9.69. The molecule has 1 aromatic heterocycles. The molecule has 104 valence electrons. The zero-order chi connectivity index (χ0) is 14.4. The van der Waals surface area contributed by atoms with Crippen molar-refractivity contribution in [2.24, 2.45) is 0 Å². The van der Waals surface area contributed by atoms with Gasteiger partial charge in [0.05, 0.1) is 12.8 Å². The molecule has 1 aromatic carbocycles. The number of carbonyl (C=O) groups is 1. The van der Waals surface area contributed by atoms with E-state index in [1.54, 1.807) is 37.7 Å². The average Bonchev–Trinajstić information content (AvgIpc) is 2.48. The monoisotopic (exact) mass is 271 g/mol. The van der Waals surface area contributed by atoms with Gasteiger partial charge >= 0.3 is 0 Å². The molecule has 3 N–H and O–H groups in total. The zero-order valence-corrected chi connectivity index (χ0v) is 11.3. The lowest BCUT2D eigenvalue weighted by Crippen LogP contribution is -2.12. The second-order valence-corrected chi connectivity index (χ2v) is 4.36. The molecule has 2 aromatic rings. The second kappa shape index (κ2) is 6.56. The molecule has 5 heteroatoms. The van der Waals surface area contributed by atoms with E-state index in [1.807, 2.05) is 12.1 Å². The summed E-state index contributed by atoms with van der Waals surface area (Å²) in [6.07, 6.45) is 4.54. The van der Waals surface area contributed by atoms with Crippen LogP contribution in [-0.2, 0) is 11.2 Å². The third-order valence-corrected chi connectivity index (χ3v) is 2.91. The number of pyridine rings is 1. The molecular formula is C15H17N3O2. The normalized spacial score (nSPS) is 10.1. The van der Waals surface area contributed by atoms with Crippen molar-refractivity contribution in [3.05, 3.63) is 48.3 Å². The maximum Gasteiger partial charge on any atom is 0.224 e. The highest BCUT2D eigenvalue weighted by molar-refractivity contribution is 5.91. The zero-order valence-electron chi connectivity index (χ0n) is 11.3. The van der Waals surface area contributed by atoms with Gasteiger partial charge < -0.3 is 15.8 Å². The van der Waals surface area contributed by atoms with Crippen LogP contribution in [-0.4, -0.2) is 18.0 Å². The lowest BCUT2D eigenvalue weighted by Gasteiger charge is -2.09. The largest absolute Gasteiger partial charge is 0.495 e. The summed E-state index contributed by atoms with van der Waals surface area (Å²) >= 11 is 0. The molecule has 0 saturated carbocycles. The van der Waals surface area contributed by atoms with Crippen LogP contribution in [0.2, 0.25) is 0 Å². The van der Waals surface area contributed by atoms with Crippen molar-refractivity contribution in [3.63, 3.8) is 0 Å². The number of aryl methyl sites for hydroxylation is 1. The van der Waals surface area contributed by atoms with Crippen molar-refractivity contribution in [1.29, 1.82) is 0 Å². The number of ether oxygens (including phenoxy) is 1. The van der Waals surface area contributed by atoms with Crippen LogP contribution in [0, 0.1) is 0 Å². The first kappa shape index (κ1) is 13.9. The molecule has 1 heterocycles. The first-order valence-electron chi connectivity index (χ1n) is 6.31. The smallest absolute Gasteiger partial charge is 0.224 e. The van der Waals surface area contributed by atoms with Gasteiger partial charge in [0.25, 0.3) is 0 Å². The van der Waals surface area contributed by atoms with Crippen molar-refractivity contribution in [2.75, 3.05) is 18.2 Å². The molecule has 5 nitrogen and oxygen atoms in total. The van der Waals surface area contributed by atoms with E-state index >= 15 is 0 Å². The third kappa shape index (κ3) is 3.71. The number of anilines is 2. The van der Waals surface area contributed by atoms with Crippen LogP contribution in [0.3, 0.4) is 0 Å². The van der Waals surface area contributed by atoms with E-state index in [4.69, 9.17) is 10.5 Å². The maximum atomic E-state index is 11.9. The van der Waals surface area contributed by atoms with E-state index in [0.29, 0.717) is 30.0 Å². The summed E-state index contributed by atoms with van der Waals surface area (Å²) in [5, 5.41) is 2.82. The molecule has 0 atom stereocenters. The number of hydrogen-bond donors (Lipinski definition) is 2. The number of nitrogens with one attached hydrogen (secondary N) is 1. The highest BCUT2D eigenvalue weighted by Crippen LogP contribution is 2.25. The quantitative estimate of drug-likeness (QED) is 0.818. The van der Waals surface area contributed by atoms with E-state index in [2.05, 4.69) is 10.3 Å². The van der Waals surface area contributed by atoms with Gasteiger partial charge in [-0.05, 0) is 36.2 Å². The SMILES string of the molecule is COc1cc(NC(=O)CCc2ccncc2)ccc1N. The summed E-state index contributed by atoms with van der Waals surface area (Å²) in [6, 6.07) is 8.97. The van der Waals surface area contributed by atoms with Gasteiger partial charge in [-0.25, -0.2) is 0 Å². The van der Waals surface area contributed by atoms with Crippen LogP contribution in [0.4, 0.5) is 11.4 Å². The molecular weight excluding hydrogens is 254 g/mol. The van der Waals surface area contributed by atoms with Crippen molar-refractivity contribution in [3.8, 4) is 5.75 Å². The number of methoxy groups -OCH3 is 1. The molecule has 2 rings (SSSR count). The Morgan fingerprint density at radius 1 is 1.30 bits per heavy atom. The Labute approximate surface area is 117 Å². The minimum absolute atomic E-state index is 0.0476. The predicted octanol–water partition coefficient (Wildman–Crippen LogP) is 2.24. The number of nitrogens with zero attached hydrogens (tertiary/aromatic N) is 1. The summed E-state index contributed by atoms with van der Waals surface area (Å²) in [5.74, 6) is 0.505. The minimum atomic E-state index is -0.0476. The van der Waals surface area contributed by atoms with E-state index in [1.165, 1.54) is 0 Å². The average molecular weight is 271 g/mol. The Kier molecular flexibility index (Phi) is 4.55. The van der Waals surface area contributed by atoms with Crippen LogP contribution in [0.1, 0.15) is 12.0 Å². The molecule has 0 fully saturated rings. The fraction of sp³-hybridized carbons (Fsp3) is 0.200. The number of carbonyl (C=O) groups excluding carboxylic acids is 1. The maximum absolute atomic E-state index is 11.9. The van der Waals surface area contributed by atoms with Crippen LogP contribution in [0.25, 0.3) is 0 Å². The topological polar surface area (TPSA) is 77.2 Å². The lowest BCUT2D eigenvalue weighted by atomic mass is 10.1. The van der Waals surface area contributed by atoms with Gasteiger partial charge in [0.2, 0.25) is 5.91 Å². The molecule has 0 unspecified atom stereocenters. The van der Waals surface area contributed by atoms with Crippen molar-refractivity contribution in [2.45, 2.75) is 12.8 Å². The molecule has 0 bridgehead atoms. The molecule has 20 heavy (non-hydrogen) atoms. The molecule has 1 amide bonds. The van der Waals surface area contributed by atoms with Crippen molar-refractivity contribution >= 4 is 17.3 Å². The number of benzene rings is 1. The van der Waals surface area contributed by atoms with E-state index in [0.717, 1.165) is 5.56 Å². The number of nitrogen functional groups attached to an aromatic ring is 1. The van der Waals surface area contributed by atoms with Gasteiger partial charge in [0.15, 0.2) is 0 Å².